The molecule has 0 fully saturated rings. The lowest BCUT2D eigenvalue weighted by atomic mass is 9.96. The molecule has 0 bridgehead atoms. The number of hydrogen-bond acceptors (Lipinski definition) is 5. The van der Waals surface area contributed by atoms with Crippen LogP contribution < -0.4 is 5.32 Å². The van der Waals surface area contributed by atoms with Crippen LogP contribution in [0.15, 0.2) is 51.7 Å². The molecule has 3 aromatic heterocycles. The standard InChI is InChI=1S/C23H24BrN5O2/c1-13-10-15(18-11-16(24)12-29-19(18)8-9-25-29)6-7-17(13)14(2)26-20(30)21-27-22(28-31-21)23(3,4)5/h6-12,14H,1-5H3,(H,26,30)/t14-/m1/s1. The lowest BCUT2D eigenvalue weighted by molar-refractivity contribution is 0.0895. The Bertz CT molecular complexity index is 1270. The van der Waals surface area contributed by atoms with Crippen molar-refractivity contribution in [1.82, 2.24) is 25.1 Å². The molecule has 1 amide bonds. The van der Waals surface area contributed by atoms with E-state index in [9.17, 15) is 4.79 Å². The summed E-state index contributed by atoms with van der Waals surface area (Å²) in [5, 5.41) is 11.2. The minimum absolute atomic E-state index is 0.0247. The Hall–Kier alpha value is -3.00. The molecule has 4 rings (SSSR count). The number of nitrogens with zero attached hydrogens (tertiary/aromatic N) is 4. The second kappa shape index (κ2) is 7.92. The summed E-state index contributed by atoms with van der Waals surface area (Å²) in [7, 11) is 0. The zero-order valence-electron chi connectivity index (χ0n) is 18.1. The van der Waals surface area contributed by atoms with Crippen LogP contribution in [-0.2, 0) is 5.41 Å². The van der Waals surface area contributed by atoms with E-state index in [4.69, 9.17) is 4.52 Å². The van der Waals surface area contributed by atoms with Crippen molar-refractivity contribution in [2.45, 2.75) is 46.1 Å². The lowest BCUT2D eigenvalue weighted by Gasteiger charge is -2.17. The third-order valence-corrected chi connectivity index (χ3v) is 5.59. The molecule has 3 heterocycles. The third kappa shape index (κ3) is 4.25. The summed E-state index contributed by atoms with van der Waals surface area (Å²) in [6.45, 7) is 9.88. The van der Waals surface area contributed by atoms with Gasteiger partial charge in [-0.3, -0.25) is 4.79 Å². The number of aromatic nitrogens is 4. The molecule has 1 N–H and O–H groups in total. The van der Waals surface area contributed by atoms with Crippen LogP contribution in [-0.4, -0.2) is 25.7 Å². The average molecular weight is 482 g/mol. The van der Waals surface area contributed by atoms with E-state index in [0.29, 0.717) is 5.82 Å². The van der Waals surface area contributed by atoms with Gasteiger partial charge < -0.3 is 9.84 Å². The number of pyridine rings is 1. The topological polar surface area (TPSA) is 85.3 Å². The molecule has 0 radical (unpaired) electrons. The maximum Gasteiger partial charge on any atom is 0.315 e. The highest BCUT2D eigenvalue weighted by atomic mass is 79.9. The maximum absolute atomic E-state index is 12.6. The van der Waals surface area contributed by atoms with Crippen LogP contribution in [0.5, 0.6) is 0 Å². The van der Waals surface area contributed by atoms with E-state index in [1.54, 1.807) is 6.20 Å². The summed E-state index contributed by atoms with van der Waals surface area (Å²) in [5.41, 5.74) is 5.00. The molecule has 8 heteroatoms. The first-order valence-corrected chi connectivity index (χ1v) is 10.8. The van der Waals surface area contributed by atoms with Crippen LogP contribution in [0, 0.1) is 6.92 Å². The predicted molar refractivity (Wildman–Crippen MR) is 122 cm³/mol. The lowest BCUT2D eigenvalue weighted by Crippen LogP contribution is -2.27. The molecule has 0 aliphatic rings. The highest BCUT2D eigenvalue weighted by Crippen LogP contribution is 2.30. The molecule has 0 saturated carbocycles. The van der Waals surface area contributed by atoms with Gasteiger partial charge in [0.25, 0.3) is 0 Å². The van der Waals surface area contributed by atoms with Crippen LogP contribution in [0.4, 0.5) is 0 Å². The zero-order chi connectivity index (χ0) is 22.3. The summed E-state index contributed by atoms with van der Waals surface area (Å²) in [4.78, 5) is 16.8. The number of carbonyl (C=O) groups excluding carboxylic acids is 1. The van der Waals surface area contributed by atoms with Crippen LogP contribution in [0.25, 0.3) is 16.6 Å². The average Bonchev–Trinajstić information content (AvgIpc) is 3.36. The number of rotatable bonds is 4. The minimum atomic E-state index is -0.382. The van der Waals surface area contributed by atoms with E-state index in [1.165, 1.54) is 0 Å². The summed E-state index contributed by atoms with van der Waals surface area (Å²) in [5.74, 6) is 0.0984. The monoisotopic (exact) mass is 481 g/mol. The number of halogens is 1. The van der Waals surface area contributed by atoms with E-state index < -0.39 is 0 Å². The molecule has 0 aliphatic carbocycles. The summed E-state index contributed by atoms with van der Waals surface area (Å²) >= 11 is 3.56. The van der Waals surface area contributed by atoms with Gasteiger partial charge in [-0.25, -0.2) is 4.52 Å². The zero-order valence-corrected chi connectivity index (χ0v) is 19.7. The quantitative estimate of drug-likeness (QED) is 0.430. The Morgan fingerprint density at radius 3 is 2.68 bits per heavy atom. The Balaban J connectivity index is 1.57. The van der Waals surface area contributed by atoms with Crippen molar-refractivity contribution in [2.75, 3.05) is 0 Å². The Labute approximate surface area is 189 Å². The van der Waals surface area contributed by atoms with E-state index in [-0.39, 0.29) is 23.3 Å². The highest BCUT2D eigenvalue weighted by Gasteiger charge is 2.25. The third-order valence-electron chi connectivity index (χ3n) is 5.16. The first kappa shape index (κ1) is 21.2. The first-order chi connectivity index (χ1) is 14.6. The van der Waals surface area contributed by atoms with Crippen molar-refractivity contribution in [2.24, 2.45) is 0 Å². The van der Waals surface area contributed by atoms with Gasteiger partial charge in [-0.1, -0.05) is 44.1 Å². The van der Waals surface area contributed by atoms with Gasteiger partial charge in [0, 0.05) is 21.6 Å². The van der Waals surface area contributed by atoms with Crippen molar-refractivity contribution in [1.29, 1.82) is 0 Å². The van der Waals surface area contributed by atoms with Gasteiger partial charge in [-0.15, -0.1) is 0 Å². The highest BCUT2D eigenvalue weighted by molar-refractivity contribution is 9.10. The molecular formula is C23H24BrN5O2. The molecule has 7 nitrogen and oxygen atoms in total. The SMILES string of the molecule is Cc1cc(-c2cc(Br)cn3nccc23)ccc1[C@@H](C)NC(=O)c1nc(C(C)(C)C)no1. The second-order valence-corrected chi connectivity index (χ2v) is 9.59. The van der Waals surface area contributed by atoms with E-state index in [2.05, 4.69) is 54.7 Å². The number of benzene rings is 1. The minimum Gasteiger partial charge on any atom is -0.341 e. The fourth-order valence-corrected chi connectivity index (χ4v) is 3.94. The maximum atomic E-state index is 12.6. The largest absolute Gasteiger partial charge is 0.341 e. The molecule has 0 saturated heterocycles. The van der Waals surface area contributed by atoms with Gasteiger partial charge in [0.15, 0.2) is 5.82 Å². The number of aryl methyl sites for hydroxylation is 1. The van der Waals surface area contributed by atoms with Gasteiger partial charge in [-0.05, 0) is 58.6 Å². The van der Waals surface area contributed by atoms with Crippen LogP contribution in [0.3, 0.4) is 0 Å². The Kier molecular flexibility index (Phi) is 5.43. The number of nitrogens with one attached hydrogen (secondary N) is 1. The van der Waals surface area contributed by atoms with Crippen molar-refractivity contribution < 1.29 is 9.32 Å². The van der Waals surface area contributed by atoms with E-state index in [1.807, 2.05) is 57.5 Å². The molecule has 1 aromatic carbocycles. The second-order valence-electron chi connectivity index (χ2n) is 8.67. The van der Waals surface area contributed by atoms with Gasteiger partial charge >= 0.3 is 11.8 Å². The fraction of sp³-hybridized carbons (Fsp3) is 0.304. The van der Waals surface area contributed by atoms with Gasteiger partial charge in [0.05, 0.1) is 17.8 Å². The summed E-state index contributed by atoms with van der Waals surface area (Å²) in [6.07, 6.45) is 3.72. The van der Waals surface area contributed by atoms with Crippen molar-refractivity contribution in [3.63, 3.8) is 0 Å². The van der Waals surface area contributed by atoms with Gasteiger partial charge in [0.1, 0.15) is 0 Å². The smallest absolute Gasteiger partial charge is 0.315 e. The molecule has 1 atom stereocenters. The normalized spacial score (nSPS) is 12.8. The predicted octanol–water partition coefficient (Wildman–Crippen LogP) is 5.24. The number of amides is 1. The molecule has 160 valence electrons. The molecule has 0 unspecified atom stereocenters. The van der Waals surface area contributed by atoms with Crippen molar-refractivity contribution in [3.05, 3.63) is 70.0 Å². The van der Waals surface area contributed by atoms with Gasteiger partial charge in [0.2, 0.25) is 0 Å². The van der Waals surface area contributed by atoms with E-state index in [0.717, 1.165) is 32.2 Å². The number of fused-ring (bicyclic) bond motifs is 1. The fourth-order valence-electron chi connectivity index (χ4n) is 3.51. The first-order valence-electron chi connectivity index (χ1n) is 10.0. The van der Waals surface area contributed by atoms with Crippen LogP contribution in [0.2, 0.25) is 0 Å². The molecule has 0 aliphatic heterocycles. The Morgan fingerprint density at radius 2 is 2.00 bits per heavy atom. The molecule has 0 spiro atoms. The number of hydrogen-bond donors (Lipinski definition) is 1. The van der Waals surface area contributed by atoms with Gasteiger partial charge in [-0.2, -0.15) is 10.1 Å². The molecule has 4 aromatic rings. The van der Waals surface area contributed by atoms with Crippen LogP contribution >= 0.6 is 15.9 Å². The Morgan fingerprint density at radius 1 is 1.23 bits per heavy atom. The summed E-state index contributed by atoms with van der Waals surface area (Å²) in [6, 6.07) is 10.1. The summed E-state index contributed by atoms with van der Waals surface area (Å²) < 4.78 is 7.96. The van der Waals surface area contributed by atoms with Crippen molar-refractivity contribution >= 4 is 27.4 Å². The van der Waals surface area contributed by atoms with Crippen molar-refractivity contribution in [3.8, 4) is 11.1 Å². The van der Waals surface area contributed by atoms with Crippen LogP contribution in [0.1, 0.15) is 61.4 Å². The molecule has 31 heavy (non-hydrogen) atoms. The van der Waals surface area contributed by atoms with E-state index >= 15 is 0 Å². The molecular weight excluding hydrogens is 458 g/mol. The number of carbonyl (C=O) groups is 1.